The first-order valence-electron chi connectivity index (χ1n) is 6.34. The zero-order valence-corrected chi connectivity index (χ0v) is 10.2. The van der Waals surface area contributed by atoms with Gasteiger partial charge in [-0.25, -0.2) is 4.79 Å². The molecule has 1 aromatic heterocycles. The second-order valence-electron chi connectivity index (χ2n) is 4.96. The maximum Gasteiger partial charge on any atom is 0.331 e. The number of hydrogen-bond donors (Lipinski definition) is 2. The van der Waals surface area contributed by atoms with Gasteiger partial charge in [0, 0.05) is 0 Å². The number of nitrogens with one attached hydrogen (secondary N) is 1. The van der Waals surface area contributed by atoms with E-state index in [0.717, 1.165) is 19.3 Å². The second kappa shape index (κ2) is 3.98. The van der Waals surface area contributed by atoms with E-state index in [9.17, 15) is 14.7 Å². The zero-order chi connectivity index (χ0) is 12.9. The van der Waals surface area contributed by atoms with E-state index < -0.39 is 11.2 Å². The summed E-state index contributed by atoms with van der Waals surface area (Å²) in [6, 6.07) is -0.154. The van der Waals surface area contributed by atoms with Crippen molar-refractivity contribution in [1.82, 2.24) is 9.55 Å². The molecule has 0 aliphatic carbocycles. The minimum Gasteiger partial charge on any atom is -0.494 e. The van der Waals surface area contributed by atoms with Crippen molar-refractivity contribution in [3.8, 4) is 5.88 Å². The molecule has 6 nitrogen and oxygen atoms in total. The minimum atomic E-state index is -0.546. The monoisotopic (exact) mass is 252 g/mol. The summed E-state index contributed by atoms with van der Waals surface area (Å²) in [5.41, 5.74) is -0.784. The Morgan fingerprint density at radius 3 is 2.78 bits per heavy atom. The van der Waals surface area contributed by atoms with Gasteiger partial charge in [0.1, 0.15) is 0 Å². The van der Waals surface area contributed by atoms with E-state index in [4.69, 9.17) is 4.74 Å². The first kappa shape index (κ1) is 11.5. The van der Waals surface area contributed by atoms with Crippen LogP contribution in [0.1, 0.15) is 37.8 Å². The summed E-state index contributed by atoms with van der Waals surface area (Å²) in [7, 11) is 0. The highest BCUT2D eigenvalue weighted by Gasteiger charge is 2.43. The fourth-order valence-electron chi connectivity index (χ4n) is 3.08. The number of fused-ring (bicyclic) bond motifs is 2. The van der Waals surface area contributed by atoms with Crippen molar-refractivity contribution < 1.29 is 9.84 Å². The molecule has 2 bridgehead atoms. The fraction of sp³-hybridized carbons (Fsp3) is 0.667. The first-order valence-corrected chi connectivity index (χ1v) is 6.34. The van der Waals surface area contributed by atoms with Crippen LogP contribution < -0.4 is 11.2 Å². The molecule has 0 radical (unpaired) electrons. The lowest BCUT2D eigenvalue weighted by Gasteiger charge is -2.22. The highest BCUT2D eigenvalue weighted by Crippen LogP contribution is 2.42. The van der Waals surface area contributed by atoms with E-state index >= 15 is 0 Å². The summed E-state index contributed by atoms with van der Waals surface area (Å²) in [4.78, 5) is 25.7. The third-order valence-electron chi connectivity index (χ3n) is 3.97. The molecule has 3 rings (SSSR count). The predicted octanol–water partition coefficient (Wildman–Crippen LogP) is 0.297. The molecule has 0 saturated carbocycles. The van der Waals surface area contributed by atoms with Crippen LogP contribution in [0.15, 0.2) is 9.59 Å². The average molecular weight is 252 g/mol. The van der Waals surface area contributed by atoms with Gasteiger partial charge in [-0.05, 0) is 25.7 Å². The molecule has 2 saturated heterocycles. The molecule has 1 aromatic rings. The lowest BCUT2D eigenvalue weighted by atomic mass is 9.95. The Morgan fingerprint density at radius 1 is 1.44 bits per heavy atom. The van der Waals surface area contributed by atoms with Crippen LogP contribution >= 0.6 is 0 Å². The third kappa shape index (κ3) is 1.52. The molecule has 18 heavy (non-hydrogen) atoms. The zero-order valence-electron chi connectivity index (χ0n) is 10.2. The van der Waals surface area contributed by atoms with Gasteiger partial charge in [0.25, 0.3) is 5.56 Å². The normalized spacial score (nSPS) is 29.9. The van der Waals surface area contributed by atoms with Gasteiger partial charge in [0.05, 0.1) is 23.8 Å². The molecule has 2 fully saturated rings. The summed E-state index contributed by atoms with van der Waals surface area (Å²) < 4.78 is 6.99. The number of nitrogens with zero attached hydrogens (tertiary/aromatic N) is 1. The van der Waals surface area contributed by atoms with Crippen molar-refractivity contribution in [3.63, 3.8) is 0 Å². The molecule has 2 N–H and O–H groups in total. The van der Waals surface area contributed by atoms with Crippen LogP contribution in [-0.4, -0.2) is 26.9 Å². The Labute approximate surface area is 103 Å². The third-order valence-corrected chi connectivity index (χ3v) is 3.97. The Morgan fingerprint density at radius 2 is 2.22 bits per heavy atom. The van der Waals surface area contributed by atoms with E-state index in [1.165, 1.54) is 4.57 Å². The molecular weight excluding hydrogens is 236 g/mol. The SMILES string of the molecule is CCc1c(O)n(C2CC3CCC2O3)c(=O)[nH]c1=O. The Kier molecular flexibility index (Phi) is 2.55. The fourth-order valence-corrected chi connectivity index (χ4v) is 3.08. The smallest absolute Gasteiger partial charge is 0.331 e. The van der Waals surface area contributed by atoms with Gasteiger partial charge in [-0.2, -0.15) is 0 Å². The molecule has 0 aromatic carbocycles. The maximum absolute atomic E-state index is 11.9. The van der Waals surface area contributed by atoms with Crippen molar-refractivity contribution in [1.29, 1.82) is 0 Å². The Hall–Kier alpha value is -1.56. The molecule has 3 heterocycles. The second-order valence-corrected chi connectivity index (χ2v) is 4.96. The van der Waals surface area contributed by atoms with Gasteiger partial charge in [-0.3, -0.25) is 14.3 Å². The number of rotatable bonds is 2. The van der Waals surface area contributed by atoms with Gasteiger partial charge in [-0.15, -0.1) is 0 Å². The molecule has 3 unspecified atom stereocenters. The van der Waals surface area contributed by atoms with Crippen LogP contribution in [0.5, 0.6) is 5.88 Å². The van der Waals surface area contributed by atoms with E-state index in [1.54, 1.807) is 6.92 Å². The summed E-state index contributed by atoms with van der Waals surface area (Å²) in [6.45, 7) is 1.77. The highest BCUT2D eigenvalue weighted by atomic mass is 16.5. The number of H-pyrrole nitrogens is 1. The summed E-state index contributed by atoms with van der Waals surface area (Å²) in [5.74, 6) is -0.201. The van der Waals surface area contributed by atoms with Gasteiger partial charge in [0.15, 0.2) is 0 Å². The quantitative estimate of drug-likeness (QED) is 0.792. The van der Waals surface area contributed by atoms with Crippen LogP contribution in [0.2, 0.25) is 0 Å². The average Bonchev–Trinajstić information content (AvgIpc) is 2.91. The lowest BCUT2D eigenvalue weighted by Crippen LogP contribution is -2.37. The van der Waals surface area contributed by atoms with Crippen LogP contribution in [0.4, 0.5) is 0 Å². The lowest BCUT2D eigenvalue weighted by molar-refractivity contribution is 0.0918. The number of aromatic nitrogens is 2. The first-order chi connectivity index (χ1) is 8.61. The molecule has 98 valence electrons. The summed E-state index contributed by atoms with van der Waals surface area (Å²) in [6.07, 6.45) is 3.20. The van der Waals surface area contributed by atoms with Gasteiger partial charge >= 0.3 is 5.69 Å². The standard InChI is InChI=1S/C12H16N2O4/c1-2-7-10(15)13-12(17)14(11(7)16)8-5-6-3-4-9(8)18-6/h6,8-9,16H,2-5H2,1H3,(H,13,15,17). The van der Waals surface area contributed by atoms with Gasteiger partial charge < -0.3 is 9.84 Å². The number of aromatic hydroxyl groups is 1. The van der Waals surface area contributed by atoms with Crippen LogP contribution in [0.25, 0.3) is 0 Å². The topological polar surface area (TPSA) is 84.3 Å². The van der Waals surface area contributed by atoms with Crippen molar-refractivity contribution in [2.45, 2.75) is 50.9 Å². The van der Waals surface area contributed by atoms with E-state index in [1.807, 2.05) is 0 Å². The van der Waals surface area contributed by atoms with E-state index in [2.05, 4.69) is 4.98 Å². The van der Waals surface area contributed by atoms with Gasteiger partial charge in [0.2, 0.25) is 5.88 Å². The molecule has 2 aliphatic heterocycles. The Balaban J connectivity index is 2.12. The van der Waals surface area contributed by atoms with Crippen LogP contribution in [0, 0.1) is 0 Å². The Bertz CT molecular complexity index is 589. The largest absolute Gasteiger partial charge is 0.494 e. The molecule has 3 atom stereocenters. The van der Waals surface area contributed by atoms with Crippen molar-refractivity contribution in [2.24, 2.45) is 0 Å². The molecule has 0 spiro atoms. The number of ether oxygens (including phenoxy) is 1. The number of hydrogen-bond acceptors (Lipinski definition) is 4. The maximum atomic E-state index is 11.9. The van der Waals surface area contributed by atoms with Crippen molar-refractivity contribution in [3.05, 3.63) is 26.4 Å². The van der Waals surface area contributed by atoms with Crippen molar-refractivity contribution >= 4 is 0 Å². The number of aromatic amines is 1. The van der Waals surface area contributed by atoms with E-state index in [-0.39, 0.29) is 29.7 Å². The summed E-state index contributed by atoms with van der Waals surface area (Å²) >= 11 is 0. The minimum absolute atomic E-state index is 0.0193. The van der Waals surface area contributed by atoms with E-state index in [0.29, 0.717) is 6.42 Å². The van der Waals surface area contributed by atoms with Crippen LogP contribution in [-0.2, 0) is 11.2 Å². The summed E-state index contributed by atoms with van der Waals surface area (Å²) in [5, 5.41) is 10.1. The van der Waals surface area contributed by atoms with Crippen molar-refractivity contribution in [2.75, 3.05) is 0 Å². The van der Waals surface area contributed by atoms with Crippen LogP contribution in [0.3, 0.4) is 0 Å². The molecule has 6 heteroatoms. The molecular formula is C12H16N2O4. The van der Waals surface area contributed by atoms with Gasteiger partial charge in [-0.1, -0.05) is 6.92 Å². The predicted molar refractivity (Wildman–Crippen MR) is 63.9 cm³/mol. The molecule has 0 amide bonds. The highest BCUT2D eigenvalue weighted by molar-refractivity contribution is 5.23. The molecule has 2 aliphatic rings.